The molecule has 7 heteroatoms. The first-order valence-electron chi connectivity index (χ1n) is 8.22. The number of nitrogens with two attached hydrogens (primary N) is 1. The lowest BCUT2D eigenvalue weighted by molar-refractivity contribution is -0.126. The molecule has 1 aliphatic heterocycles. The van der Waals surface area contributed by atoms with E-state index in [1.54, 1.807) is 19.4 Å². The van der Waals surface area contributed by atoms with Crippen molar-refractivity contribution in [1.82, 2.24) is 9.97 Å². The fourth-order valence-electron chi connectivity index (χ4n) is 3.49. The number of carbonyl (C=O) groups is 1. The van der Waals surface area contributed by atoms with Gasteiger partial charge < -0.3 is 20.5 Å². The Morgan fingerprint density at radius 2 is 2.08 bits per heavy atom. The molecule has 0 bridgehead atoms. The van der Waals surface area contributed by atoms with Crippen LogP contribution in [0, 0.1) is 5.92 Å². The van der Waals surface area contributed by atoms with Crippen LogP contribution in [-0.2, 0) is 4.79 Å². The number of fused-ring (bicyclic) bond motifs is 3. The molecule has 0 aromatic carbocycles. The summed E-state index contributed by atoms with van der Waals surface area (Å²) in [6, 6.07) is 3.81. The Balaban J connectivity index is 1.71. The molecule has 2 aromatic rings. The molecule has 0 radical (unpaired) electrons. The zero-order chi connectivity index (χ0) is 16.7. The van der Waals surface area contributed by atoms with E-state index in [-0.39, 0.29) is 17.9 Å². The van der Waals surface area contributed by atoms with Crippen LogP contribution in [0.3, 0.4) is 0 Å². The zero-order valence-electron chi connectivity index (χ0n) is 13.5. The van der Waals surface area contributed by atoms with Gasteiger partial charge in [0.25, 0.3) is 5.91 Å². The monoisotopic (exact) mass is 328 g/mol. The number of anilines is 1. The second-order valence-corrected chi connectivity index (χ2v) is 6.42. The lowest BCUT2D eigenvalue weighted by atomic mass is 9.82. The Bertz CT molecular complexity index is 787. The van der Waals surface area contributed by atoms with E-state index in [1.165, 1.54) is 0 Å². The maximum absolute atomic E-state index is 12.5. The molecule has 2 aliphatic rings. The maximum Gasteiger partial charge on any atom is 0.265 e. The number of nitrogens with zero attached hydrogens (tertiary/aromatic N) is 2. The van der Waals surface area contributed by atoms with E-state index in [9.17, 15) is 4.79 Å². The van der Waals surface area contributed by atoms with Crippen LogP contribution < -0.4 is 20.5 Å². The van der Waals surface area contributed by atoms with Crippen molar-refractivity contribution in [1.29, 1.82) is 0 Å². The summed E-state index contributed by atoms with van der Waals surface area (Å²) < 4.78 is 11.3. The van der Waals surface area contributed by atoms with Crippen molar-refractivity contribution >= 4 is 22.6 Å². The van der Waals surface area contributed by atoms with Gasteiger partial charge in [0, 0.05) is 18.0 Å². The molecule has 2 aromatic heterocycles. The van der Waals surface area contributed by atoms with Crippen molar-refractivity contribution in [2.45, 2.75) is 37.8 Å². The van der Waals surface area contributed by atoms with Crippen LogP contribution in [-0.4, -0.2) is 35.1 Å². The minimum absolute atomic E-state index is 0.119. The van der Waals surface area contributed by atoms with Crippen molar-refractivity contribution in [3.05, 3.63) is 18.3 Å². The molecule has 7 nitrogen and oxygen atoms in total. The van der Waals surface area contributed by atoms with Gasteiger partial charge >= 0.3 is 0 Å². The van der Waals surface area contributed by atoms with Crippen molar-refractivity contribution in [2.24, 2.45) is 11.7 Å². The highest BCUT2D eigenvalue weighted by molar-refractivity contribution is 6.01. The molecule has 4 rings (SSSR count). The van der Waals surface area contributed by atoms with Crippen LogP contribution in [0.1, 0.15) is 25.7 Å². The molecule has 1 fully saturated rings. The van der Waals surface area contributed by atoms with Gasteiger partial charge in [-0.1, -0.05) is 0 Å². The van der Waals surface area contributed by atoms with Crippen LogP contribution in [0.4, 0.5) is 5.69 Å². The minimum atomic E-state index is -0.511. The number of carbonyl (C=O) groups excluding carboxylic acids is 1. The summed E-state index contributed by atoms with van der Waals surface area (Å²) in [5, 5.41) is 2.91. The van der Waals surface area contributed by atoms with Gasteiger partial charge in [-0.3, -0.25) is 9.78 Å². The molecular weight excluding hydrogens is 308 g/mol. The van der Waals surface area contributed by atoms with Crippen LogP contribution in [0.15, 0.2) is 18.3 Å². The van der Waals surface area contributed by atoms with E-state index in [1.807, 2.05) is 6.07 Å². The highest BCUT2D eigenvalue weighted by atomic mass is 16.5. The number of methoxy groups -OCH3 is 1. The Kier molecular flexibility index (Phi) is 3.72. The summed E-state index contributed by atoms with van der Waals surface area (Å²) in [5.74, 6) is 1.11. The first kappa shape index (κ1) is 15.1. The molecular formula is C17H20N4O3. The van der Waals surface area contributed by atoms with Gasteiger partial charge in [0.2, 0.25) is 5.88 Å². The van der Waals surface area contributed by atoms with Crippen LogP contribution in [0.2, 0.25) is 0 Å². The van der Waals surface area contributed by atoms with Crippen LogP contribution in [0.5, 0.6) is 11.6 Å². The molecule has 24 heavy (non-hydrogen) atoms. The average molecular weight is 328 g/mol. The molecule has 1 amide bonds. The summed E-state index contributed by atoms with van der Waals surface area (Å²) in [4.78, 5) is 21.2. The molecule has 1 aliphatic carbocycles. The number of ether oxygens (including phenoxy) is 2. The van der Waals surface area contributed by atoms with Crippen molar-refractivity contribution in [3.63, 3.8) is 0 Å². The summed E-state index contributed by atoms with van der Waals surface area (Å²) >= 11 is 0. The SMILES string of the molecule is COc1ccc2ncc3c(c2n1)OC([C@H]1CC[C@H](N)CC1)C(=O)N3. The van der Waals surface area contributed by atoms with E-state index >= 15 is 0 Å². The fourth-order valence-corrected chi connectivity index (χ4v) is 3.49. The molecule has 1 unspecified atom stereocenters. The molecule has 1 atom stereocenters. The third-order valence-electron chi connectivity index (χ3n) is 4.86. The predicted octanol–water partition coefficient (Wildman–Crippen LogP) is 1.86. The van der Waals surface area contributed by atoms with Gasteiger partial charge in [-0.2, -0.15) is 0 Å². The lowest BCUT2D eigenvalue weighted by Gasteiger charge is -2.34. The van der Waals surface area contributed by atoms with Gasteiger partial charge in [0.15, 0.2) is 11.9 Å². The third kappa shape index (κ3) is 2.54. The zero-order valence-corrected chi connectivity index (χ0v) is 13.5. The largest absolute Gasteiger partial charge is 0.481 e. The predicted molar refractivity (Wildman–Crippen MR) is 89.1 cm³/mol. The summed E-state index contributed by atoms with van der Waals surface area (Å²) in [5.41, 5.74) is 7.83. The number of pyridine rings is 2. The number of hydrogen-bond donors (Lipinski definition) is 2. The third-order valence-corrected chi connectivity index (χ3v) is 4.86. The van der Waals surface area contributed by atoms with Crippen molar-refractivity contribution in [2.75, 3.05) is 12.4 Å². The summed E-state index contributed by atoms with van der Waals surface area (Å²) in [6.45, 7) is 0. The fraction of sp³-hybridized carbons (Fsp3) is 0.471. The number of rotatable bonds is 2. The molecule has 0 spiro atoms. The second kappa shape index (κ2) is 5.90. The minimum Gasteiger partial charge on any atom is -0.481 e. The number of amides is 1. The maximum atomic E-state index is 12.5. The van der Waals surface area contributed by atoms with Gasteiger partial charge in [-0.25, -0.2) is 4.98 Å². The number of aromatic nitrogens is 2. The Morgan fingerprint density at radius 3 is 2.83 bits per heavy atom. The molecule has 126 valence electrons. The molecule has 1 saturated carbocycles. The standard InChI is InChI=1S/C17H20N4O3/c1-23-13-7-6-11-14(21-13)16-12(8-19-11)20-17(22)15(24-16)9-2-4-10(18)5-3-9/h6-10,15H,2-5,18H2,1H3,(H,20,22)/t9-,10-,15?. The second-order valence-electron chi connectivity index (χ2n) is 6.42. The quantitative estimate of drug-likeness (QED) is 0.873. The van der Waals surface area contributed by atoms with E-state index in [0.29, 0.717) is 28.4 Å². The van der Waals surface area contributed by atoms with E-state index in [2.05, 4.69) is 15.3 Å². The Hall–Kier alpha value is -2.41. The highest BCUT2D eigenvalue weighted by Crippen LogP contribution is 2.39. The number of hydrogen-bond acceptors (Lipinski definition) is 6. The van der Waals surface area contributed by atoms with E-state index in [4.69, 9.17) is 15.2 Å². The van der Waals surface area contributed by atoms with Crippen LogP contribution >= 0.6 is 0 Å². The van der Waals surface area contributed by atoms with Gasteiger partial charge in [-0.05, 0) is 31.7 Å². The number of nitrogens with one attached hydrogen (secondary N) is 1. The Morgan fingerprint density at radius 1 is 1.29 bits per heavy atom. The molecule has 0 saturated heterocycles. The summed E-state index contributed by atoms with van der Waals surface area (Å²) in [7, 11) is 1.56. The van der Waals surface area contributed by atoms with Gasteiger partial charge in [-0.15, -0.1) is 0 Å². The van der Waals surface area contributed by atoms with Crippen molar-refractivity contribution in [3.8, 4) is 11.6 Å². The van der Waals surface area contributed by atoms with Gasteiger partial charge in [0.1, 0.15) is 11.2 Å². The van der Waals surface area contributed by atoms with E-state index < -0.39 is 6.10 Å². The first-order valence-corrected chi connectivity index (χ1v) is 8.22. The normalized spacial score (nSPS) is 26.4. The topological polar surface area (TPSA) is 99.4 Å². The smallest absolute Gasteiger partial charge is 0.265 e. The van der Waals surface area contributed by atoms with Crippen molar-refractivity contribution < 1.29 is 14.3 Å². The molecule has 3 heterocycles. The van der Waals surface area contributed by atoms with E-state index in [0.717, 1.165) is 25.7 Å². The highest BCUT2D eigenvalue weighted by Gasteiger charge is 2.37. The Labute approximate surface area is 139 Å². The lowest BCUT2D eigenvalue weighted by Crippen LogP contribution is -2.44. The van der Waals surface area contributed by atoms with Gasteiger partial charge in [0.05, 0.1) is 18.8 Å². The molecule has 3 N–H and O–H groups in total. The first-order chi connectivity index (χ1) is 11.7. The summed E-state index contributed by atoms with van der Waals surface area (Å²) in [6.07, 6.45) is 4.74. The average Bonchev–Trinajstić information content (AvgIpc) is 2.61. The van der Waals surface area contributed by atoms with Crippen LogP contribution in [0.25, 0.3) is 11.0 Å².